The molecule has 0 radical (unpaired) electrons. The van der Waals surface area contributed by atoms with Crippen molar-refractivity contribution in [3.8, 4) is 0 Å². The van der Waals surface area contributed by atoms with Crippen LogP contribution in [0.1, 0.15) is 27.7 Å². The molecular weight excluding hydrogens is 296 g/mol. The van der Waals surface area contributed by atoms with Crippen molar-refractivity contribution in [1.29, 1.82) is 0 Å². The fraction of sp³-hybridized carbons (Fsp3) is 1.00. The molecule has 0 aromatic rings. The zero-order chi connectivity index (χ0) is 14.1. The largest absolute Gasteiger partial charge is 0.418 e. The molecule has 1 aliphatic heterocycles. The Balaban J connectivity index is 2.91. The molecule has 1 rings (SSSR count). The molecule has 0 unspecified atom stereocenters. The Hall–Kier alpha value is 0.708. The van der Waals surface area contributed by atoms with E-state index in [2.05, 4.69) is 53.9 Å². The zero-order valence-electron chi connectivity index (χ0n) is 12.9. The topological polar surface area (TPSA) is 36.9 Å². The summed E-state index contributed by atoms with van der Waals surface area (Å²) in [6.45, 7) is 17.2. The lowest BCUT2D eigenvalue weighted by Crippen LogP contribution is -2.59. The summed E-state index contributed by atoms with van der Waals surface area (Å²) in [6.07, 6.45) is 0. The first-order valence-electron chi connectivity index (χ1n) is 6.80. The summed E-state index contributed by atoms with van der Waals surface area (Å²) in [6, 6.07) is 0. The normalized spacial score (nSPS) is 43.0. The van der Waals surface area contributed by atoms with Gasteiger partial charge in [-0.25, -0.2) is 0 Å². The maximum absolute atomic E-state index is 6.28. The lowest BCUT2D eigenvalue weighted by molar-refractivity contribution is 0.247. The van der Waals surface area contributed by atoms with Gasteiger partial charge >= 0.3 is 35.7 Å². The number of hydrogen-bond acceptors (Lipinski definition) is 4. The molecule has 0 N–H and O–H groups in total. The monoisotopic (exact) mass is 324 g/mol. The van der Waals surface area contributed by atoms with Gasteiger partial charge in [-0.05, 0) is 37.3 Å². The van der Waals surface area contributed by atoms with E-state index >= 15 is 0 Å². The average molecular weight is 325 g/mol. The standard InChI is InChI=1S/C10H28O4Si4/c1-9(2)17(7)11-15(5)13-18(8,10(3)4)14-16(6)12-17/h9-10,15-16H,1-8H3. The third kappa shape index (κ3) is 3.85. The van der Waals surface area contributed by atoms with E-state index < -0.39 is 35.7 Å². The SMILES string of the molecule is CC(C)[Si]1(C)O[SiH](C)O[Si](C)(C(C)C)O[SiH](C)O1. The van der Waals surface area contributed by atoms with E-state index in [-0.39, 0.29) is 0 Å². The van der Waals surface area contributed by atoms with Crippen LogP contribution in [0.4, 0.5) is 0 Å². The van der Waals surface area contributed by atoms with E-state index in [1.807, 2.05) is 0 Å². The van der Waals surface area contributed by atoms with Crippen molar-refractivity contribution in [2.24, 2.45) is 0 Å². The van der Waals surface area contributed by atoms with Gasteiger partial charge in [0.25, 0.3) is 0 Å². The van der Waals surface area contributed by atoms with Crippen LogP contribution >= 0.6 is 0 Å². The molecule has 1 heterocycles. The van der Waals surface area contributed by atoms with Gasteiger partial charge in [0, 0.05) is 0 Å². The Labute approximate surface area is 117 Å². The van der Waals surface area contributed by atoms with E-state index in [0.717, 1.165) is 0 Å². The number of rotatable bonds is 2. The van der Waals surface area contributed by atoms with E-state index in [4.69, 9.17) is 16.5 Å². The summed E-state index contributed by atoms with van der Waals surface area (Å²) >= 11 is 0. The molecule has 4 nitrogen and oxygen atoms in total. The van der Waals surface area contributed by atoms with Gasteiger partial charge in [-0.15, -0.1) is 0 Å². The highest BCUT2D eigenvalue weighted by Gasteiger charge is 2.47. The van der Waals surface area contributed by atoms with Gasteiger partial charge in [0.05, 0.1) is 0 Å². The summed E-state index contributed by atoms with van der Waals surface area (Å²) < 4.78 is 25.1. The second-order valence-corrected chi connectivity index (χ2v) is 18.4. The molecule has 0 saturated carbocycles. The maximum atomic E-state index is 6.28. The predicted octanol–water partition coefficient (Wildman–Crippen LogP) is 2.73. The minimum absolute atomic E-state index is 0.430. The first-order chi connectivity index (χ1) is 8.09. The lowest BCUT2D eigenvalue weighted by atomic mass is 10.6. The quantitative estimate of drug-likeness (QED) is 0.732. The van der Waals surface area contributed by atoms with Crippen LogP contribution in [0, 0.1) is 0 Å². The molecule has 0 atom stereocenters. The Morgan fingerprint density at radius 3 is 1.06 bits per heavy atom. The highest BCUT2D eigenvalue weighted by molar-refractivity contribution is 6.86. The molecule has 0 spiro atoms. The molecule has 108 valence electrons. The summed E-state index contributed by atoms with van der Waals surface area (Å²) in [5.41, 5.74) is 0.861. The van der Waals surface area contributed by atoms with Crippen LogP contribution in [0.3, 0.4) is 0 Å². The summed E-state index contributed by atoms with van der Waals surface area (Å²) in [5.74, 6) is 0. The fourth-order valence-electron chi connectivity index (χ4n) is 1.97. The summed E-state index contributed by atoms with van der Waals surface area (Å²) in [4.78, 5) is 0. The fourth-order valence-corrected chi connectivity index (χ4v) is 19.6. The van der Waals surface area contributed by atoms with Crippen LogP contribution < -0.4 is 0 Å². The van der Waals surface area contributed by atoms with Crippen molar-refractivity contribution in [3.05, 3.63) is 0 Å². The van der Waals surface area contributed by atoms with Gasteiger partial charge < -0.3 is 16.5 Å². The third-order valence-electron chi connectivity index (χ3n) is 3.70. The molecular formula is C10H28O4Si4. The van der Waals surface area contributed by atoms with Gasteiger partial charge in [0.15, 0.2) is 0 Å². The van der Waals surface area contributed by atoms with E-state index in [0.29, 0.717) is 11.1 Å². The Morgan fingerprint density at radius 1 is 0.667 bits per heavy atom. The van der Waals surface area contributed by atoms with Crippen molar-refractivity contribution in [2.45, 2.75) is 65.0 Å². The minimum Gasteiger partial charge on any atom is -0.418 e. The minimum atomic E-state index is -2.12. The molecule has 1 saturated heterocycles. The highest BCUT2D eigenvalue weighted by atomic mass is 28.5. The van der Waals surface area contributed by atoms with Crippen LogP contribution in [-0.4, -0.2) is 35.7 Å². The Bertz CT molecular complexity index is 247. The second kappa shape index (κ2) is 6.00. The molecule has 0 aliphatic carbocycles. The van der Waals surface area contributed by atoms with Gasteiger partial charge in [-0.2, -0.15) is 0 Å². The van der Waals surface area contributed by atoms with Crippen LogP contribution in [-0.2, 0) is 16.5 Å². The van der Waals surface area contributed by atoms with E-state index in [9.17, 15) is 0 Å². The molecule has 0 aromatic heterocycles. The smallest absolute Gasteiger partial charge is 0.319 e. The second-order valence-electron chi connectivity index (χ2n) is 5.95. The first kappa shape index (κ1) is 16.8. The first-order valence-corrected chi connectivity index (χ1v) is 15.8. The molecule has 0 amide bonds. The Kier molecular flexibility index (Phi) is 5.58. The van der Waals surface area contributed by atoms with Crippen LogP contribution in [0.25, 0.3) is 0 Å². The van der Waals surface area contributed by atoms with Gasteiger partial charge in [-0.1, -0.05) is 27.7 Å². The van der Waals surface area contributed by atoms with E-state index in [1.165, 1.54) is 0 Å². The molecule has 18 heavy (non-hydrogen) atoms. The molecule has 1 aliphatic rings. The zero-order valence-corrected chi connectivity index (χ0v) is 17.3. The van der Waals surface area contributed by atoms with Gasteiger partial charge in [-0.3, -0.25) is 0 Å². The highest BCUT2D eigenvalue weighted by Crippen LogP contribution is 2.32. The van der Waals surface area contributed by atoms with Crippen LogP contribution in [0.2, 0.25) is 37.3 Å². The maximum Gasteiger partial charge on any atom is 0.319 e. The van der Waals surface area contributed by atoms with Crippen LogP contribution in [0.15, 0.2) is 0 Å². The number of hydrogen-bond donors (Lipinski definition) is 0. The van der Waals surface area contributed by atoms with Crippen molar-refractivity contribution < 1.29 is 16.5 Å². The van der Waals surface area contributed by atoms with Crippen molar-refractivity contribution in [1.82, 2.24) is 0 Å². The third-order valence-corrected chi connectivity index (χ3v) is 20.7. The van der Waals surface area contributed by atoms with E-state index in [1.54, 1.807) is 0 Å². The van der Waals surface area contributed by atoms with Crippen molar-refractivity contribution in [3.63, 3.8) is 0 Å². The van der Waals surface area contributed by atoms with Crippen molar-refractivity contribution >= 4 is 35.7 Å². The molecule has 1 fully saturated rings. The van der Waals surface area contributed by atoms with Crippen molar-refractivity contribution in [2.75, 3.05) is 0 Å². The lowest BCUT2D eigenvalue weighted by Gasteiger charge is -2.44. The van der Waals surface area contributed by atoms with Gasteiger partial charge in [0.1, 0.15) is 0 Å². The Morgan fingerprint density at radius 2 is 0.889 bits per heavy atom. The predicted molar refractivity (Wildman–Crippen MR) is 83.8 cm³/mol. The average Bonchev–Trinajstić information content (AvgIpc) is 2.13. The summed E-state index contributed by atoms with van der Waals surface area (Å²) in [7, 11) is -7.57. The molecule has 0 aromatic carbocycles. The van der Waals surface area contributed by atoms with Crippen LogP contribution in [0.5, 0.6) is 0 Å². The molecule has 0 bridgehead atoms. The molecule has 8 heteroatoms. The summed E-state index contributed by atoms with van der Waals surface area (Å²) in [5, 5.41) is 0. The van der Waals surface area contributed by atoms with Gasteiger partial charge in [0.2, 0.25) is 0 Å².